The van der Waals surface area contributed by atoms with Crippen LogP contribution in [0.5, 0.6) is 5.75 Å². The third kappa shape index (κ3) is 4.22. The minimum Gasteiger partial charge on any atom is -0.497 e. The molecule has 1 aromatic rings. The molecule has 1 unspecified atom stereocenters. The third-order valence-electron chi connectivity index (χ3n) is 2.32. The van der Waals surface area contributed by atoms with Crippen LogP contribution in [0.25, 0.3) is 0 Å². The molecule has 2 nitrogen and oxygen atoms in total. The van der Waals surface area contributed by atoms with Gasteiger partial charge >= 0.3 is 0 Å². The fraction of sp³-hybridized carbons (Fsp3) is 0.500. The summed E-state index contributed by atoms with van der Waals surface area (Å²) in [6.45, 7) is 1.82. The van der Waals surface area contributed by atoms with Crippen LogP contribution in [0.2, 0.25) is 0 Å². The van der Waals surface area contributed by atoms with Crippen molar-refractivity contribution in [2.45, 2.75) is 32.3 Å². The topological polar surface area (TPSA) is 29.5 Å². The van der Waals surface area contributed by atoms with Gasteiger partial charge in [0.25, 0.3) is 0 Å². The molecule has 0 saturated carbocycles. The lowest BCUT2D eigenvalue weighted by atomic mass is 10.1. The van der Waals surface area contributed by atoms with Crippen LogP contribution in [0, 0.1) is 0 Å². The molecule has 1 aromatic carbocycles. The molecule has 1 N–H and O–H groups in total. The first kappa shape index (κ1) is 12.5. The molecule has 1 rings (SSSR count). The van der Waals surface area contributed by atoms with Crippen molar-refractivity contribution >= 4 is 15.9 Å². The molecule has 1 atom stereocenters. The van der Waals surface area contributed by atoms with E-state index in [1.165, 1.54) is 5.56 Å². The minimum absolute atomic E-state index is 0.214. The number of aryl methyl sites for hydroxylation is 1. The molecule has 0 saturated heterocycles. The van der Waals surface area contributed by atoms with E-state index in [2.05, 4.69) is 15.9 Å². The maximum atomic E-state index is 9.16. The molecule has 84 valence electrons. The molecule has 0 spiro atoms. The summed E-state index contributed by atoms with van der Waals surface area (Å²) in [4.78, 5) is 0. The van der Waals surface area contributed by atoms with Crippen LogP contribution in [0.3, 0.4) is 0 Å². The second kappa shape index (κ2) is 6.13. The van der Waals surface area contributed by atoms with Crippen molar-refractivity contribution in [1.82, 2.24) is 0 Å². The Morgan fingerprint density at radius 3 is 2.80 bits per heavy atom. The van der Waals surface area contributed by atoms with Crippen LogP contribution in [-0.2, 0) is 6.42 Å². The quantitative estimate of drug-likeness (QED) is 0.893. The van der Waals surface area contributed by atoms with Gasteiger partial charge in [-0.3, -0.25) is 0 Å². The molecule has 15 heavy (non-hydrogen) atoms. The standard InChI is InChI=1S/C12H17BrO2/c1-9(14)4-3-5-10-8-11(15-2)6-7-12(10)13/h6-9,14H,3-5H2,1-2H3. The van der Waals surface area contributed by atoms with Gasteiger partial charge in [0.1, 0.15) is 5.75 Å². The zero-order valence-corrected chi connectivity index (χ0v) is 10.8. The lowest BCUT2D eigenvalue weighted by Gasteiger charge is -2.08. The van der Waals surface area contributed by atoms with E-state index in [4.69, 9.17) is 9.84 Å². The SMILES string of the molecule is COc1ccc(Br)c(CCCC(C)O)c1. The normalized spacial score (nSPS) is 12.5. The van der Waals surface area contributed by atoms with E-state index >= 15 is 0 Å². The van der Waals surface area contributed by atoms with Gasteiger partial charge in [0.2, 0.25) is 0 Å². The highest BCUT2D eigenvalue weighted by atomic mass is 79.9. The summed E-state index contributed by atoms with van der Waals surface area (Å²) in [6.07, 6.45) is 2.57. The molecular formula is C12H17BrO2. The average molecular weight is 273 g/mol. The number of aliphatic hydroxyl groups is 1. The number of rotatable bonds is 5. The van der Waals surface area contributed by atoms with E-state index in [0.29, 0.717) is 0 Å². The van der Waals surface area contributed by atoms with E-state index in [9.17, 15) is 0 Å². The van der Waals surface area contributed by atoms with Crippen molar-refractivity contribution in [1.29, 1.82) is 0 Å². The number of hydrogen-bond donors (Lipinski definition) is 1. The van der Waals surface area contributed by atoms with Crippen molar-refractivity contribution in [2.24, 2.45) is 0 Å². The summed E-state index contributed by atoms with van der Waals surface area (Å²) >= 11 is 3.51. The highest BCUT2D eigenvalue weighted by Gasteiger charge is 2.03. The van der Waals surface area contributed by atoms with Crippen LogP contribution >= 0.6 is 15.9 Å². The Balaban J connectivity index is 2.59. The lowest BCUT2D eigenvalue weighted by Crippen LogP contribution is -2.00. The molecule has 0 bridgehead atoms. The minimum atomic E-state index is -0.214. The van der Waals surface area contributed by atoms with E-state index in [0.717, 1.165) is 29.5 Å². The van der Waals surface area contributed by atoms with E-state index in [-0.39, 0.29) is 6.10 Å². The molecule has 0 aliphatic rings. The van der Waals surface area contributed by atoms with Crippen molar-refractivity contribution in [2.75, 3.05) is 7.11 Å². The molecule has 0 aliphatic carbocycles. The van der Waals surface area contributed by atoms with Crippen molar-refractivity contribution in [3.63, 3.8) is 0 Å². The number of ether oxygens (including phenoxy) is 1. The number of benzene rings is 1. The van der Waals surface area contributed by atoms with Gasteiger partial charge in [0.15, 0.2) is 0 Å². The van der Waals surface area contributed by atoms with Crippen molar-refractivity contribution in [3.05, 3.63) is 28.2 Å². The summed E-state index contributed by atoms with van der Waals surface area (Å²) in [5, 5.41) is 9.16. The summed E-state index contributed by atoms with van der Waals surface area (Å²) in [5.74, 6) is 0.880. The number of halogens is 1. The second-order valence-corrected chi connectivity index (χ2v) is 4.55. The van der Waals surface area contributed by atoms with Gasteiger partial charge in [-0.1, -0.05) is 15.9 Å². The number of methoxy groups -OCH3 is 1. The molecule has 0 aliphatic heterocycles. The summed E-state index contributed by atoms with van der Waals surface area (Å²) in [5.41, 5.74) is 1.23. The van der Waals surface area contributed by atoms with E-state index in [1.807, 2.05) is 25.1 Å². The molecule has 0 fully saturated rings. The first-order valence-corrected chi connectivity index (χ1v) is 5.93. The molecular weight excluding hydrogens is 256 g/mol. The van der Waals surface area contributed by atoms with Crippen LogP contribution in [0.15, 0.2) is 22.7 Å². The average Bonchev–Trinajstić information content (AvgIpc) is 2.20. The summed E-state index contributed by atoms with van der Waals surface area (Å²) in [6, 6.07) is 5.96. The van der Waals surface area contributed by atoms with Crippen LogP contribution in [0.4, 0.5) is 0 Å². The zero-order chi connectivity index (χ0) is 11.3. The first-order chi connectivity index (χ1) is 7.13. The Bertz CT molecular complexity index is 310. The smallest absolute Gasteiger partial charge is 0.119 e. The van der Waals surface area contributed by atoms with Crippen LogP contribution in [-0.4, -0.2) is 18.3 Å². The van der Waals surface area contributed by atoms with Crippen LogP contribution in [0.1, 0.15) is 25.3 Å². The van der Waals surface area contributed by atoms with Gasteiger partial charge in [-0.05, 0) is 49.9 Å². The van der Waals surface area contributed by atoms with E-state index < -0.39 is 0 Å². The maximum absolute atomic E-state index is 9.16. The number of aliphatic hydroxyl groups excluding tert-OH is 1. The maximum Gasteiger partial charge on any atom is 0.119 e. The number of hydrogen-bond acceptors (Lipinski definition) is 2. The molecule has 0 heterocycles. The van der Waals surface area contributed by atoms with Crippen LogP contribution < -0.4 is 4.74 Å². The lowest BCUT2D eigenvalue weighted by molar-refractivity contribution is 0.181. The monoisotopic (exact) mass is 272 g/mol. The Morgan fingerprint density at radius 1 is 1.47 bits per heavy atom. The van der Waals surface area contributed by atoms with Gasteiger partial charge in [0.05, 0.1) is 13.2 Å². The van der Waals surface area contributed by atoms with Gasteiger partial charge in [-0.15, -0.1) is 0 Å². The van der Waals surface area contributed by atoms with Gasteiger partial charge in [-0.2, -0.15) is 0 Å². The van der Waals surface area contributed by atoms with Gasteiger partial charge in [-0.25, -0.2) is 0 Å². The largest absolute Gasteiger partial charge is 0.497 e. The summed E-state index contributed by atoms with van der Waals surface area (Å²) < 4.78 is 6.27. The fourth-order valence-electron chi connectivity index (χ4n) is 1.46. The Morgan fingerprint density at radius 2 is 2.20 bits per heavy atom. The molecule has 3 heteroatoms. The highest BCUT2D eigenvalue weighted by Crippen LogP contribution is 2.24. The first-order valence-electron chi connectivity index (χ1n) is 5.14. The van der Waals surface area contributed by atoms with Crippen molar-refractivity contribution < 1.29 is 9.84 Å². The Labute approximate surface area is 99.4 Å². The predicted octanol–water partition coefficient (Wildman–Crippen LogP) is 3.16. The summed E-state index contributed by atoms with van der Waals surface area (Å²) in [7, 11) is 1.67. The highest BCUT2D eigenvalue weighted by molar-refractivity contribution is 9.10. The Hall–Kier alpha value is -0.540. The predicted molar refractivity (Wildman–Crippen MR) is 65.3 cm³/mol. The van der Waals surface area contributed by atoms with Gasteiger partial charge < -0.3 is 9.84 Å². The second-order valence-electron chi connectivity index (χ2n) is 3.70. The molecule has 0 amide bonds. The van der Waals surface area contributed by atoms with E-state index in [1.54, 1.807) is 7.11 Å². The fourth-order valence-corrected chi connectivity index (χ4v) is 1.90. The molecule has 0 radical (unpaired) electrons. The Kier molecular flexibility index (Phi) is 5.12. The molecule has 0 aromatic heterocycles. The van der Waals surface area contributed by atoms with Crippen molar-refractivity contribution in [3.8, 4) is 5.75 Å². The third-order valence-corrected chi connectivity index (χ3v) is 3.09. The zero-order valence-electron chi connectivity index (χ0n) is 9.16. The van der Waals surface area contributed by atoms with Gasteiger partial charge in [0, 0.05) is 4.47 Å².